The van der Waals surface area contributed by atoms with Crippen LogP contribution in [0.4, 0.5) is 0 Å². The van der Waals surface area contributed by atoms with Gasteiger partial charge in [0.05, 0.1) is 11.1 Å². The van der Waals surface area contributed by atoms with Gasteiger partial charge in [-0.05, 0) is 68.9 Å². The fourth-order valence-corrected chi connectivity index (χ4v) is 3.49. The van der Waals surface area contributed by atoms with Crippen LogP contribution in [0.5, 0.6) is 0 Å². The summed E-state index contributed by atoms with van der Waals surface area (Å²) in [4.78, 5) is 22.0. The van der Waals surface area contributed by atoms with Crippen molar-refractivity contribution in [3.8, 4) is 0 Å². The lowest BCUT2D eigenvalue weighted by atomic mass is 10.1. The third-order valence-corrected chi connectivity index (χ3v) is 6.15. The molecule has 0 saturated carbocycles. The minimum absolute atomic E-state index is 0.213. The molecule has 4 nitrogen and oxygen atoms in total. The predicted molar refractivity (Wildman–Crippen MR) is 99.2 cm³/mol. The number of esters is 2. The standard InChI is InChI=1S/C8H4BrIO2.C8H5BrO2/c9-6-1-4-3-12-8(11)5(4)2-7(6)10;9-6-1-2-7-5(3-6)4-11-8(7)10/h1-2H,3H2;1-3H,4H2. The largest absolute Gasteiger partial charge is 0.457 e. The summed E-state index contributed by atoms with van der Waals surface area (Å²) in [6, 6.07) is 9.29. The number of cyclic esters (lactones) is 2. The van der Waals surface area contributed by atoms with Gasteiger partial charge in [0.25, 0.3) is 0 Å². The molecule has 118 valence electrons. The highest BCUT2D eigenvalue weighted by Crippen LogP contribution is 2.28. The van der Waals surface area contributed by atoms with Crippen molar-refractivity contribution in [1.82, 2.24) is 0 Å². The maximum atomic E-state index is 11.1. The summed E-state index contributed by atoms with van der Waals surface area (Å²) in [5.41, 5.74) is 3.31. The van der Waals surface area contributed by atoms with E-state index in [0.29, 0.717) is 24.3 Å². The van der Waals surface area contributed by atoms with Crippen molar-refractivity contribution in [2.24, 2.45) is 0 Å². The summed E-state index contributed by atoms with van der Waals surface area (Å²) in [7, 11) is 0. The summed E-state index contributed by atoms with van der Waals surface area (Å²) in [5.74, 6) is -0.428. The van der Waals surface area contributed by atoms with Gasteiger partial charge < -0.3 is 9.47 Å². The Morgan fingerprint density at radius 3 is 2.17 bits per heavy atom. The molecule has 2 aromatic rings. The Bertz CT molecular complexity index is 820. The van der Waals surface area contributed by atoms with Gasteiger partial charge in [0.1, 0.15) is 13.2 Å². The Morgan fingerprint density at radius 1 is 0.870 bits per heavy atom. The van der Waals surface area contributed by atoms with Crippen LogP contribution in [0.2, 0.25) is 0 Å². The average Bonchev–Trinajstić information content (AvgIpc) is 3.05. The summed E-state index contributed by atoms with van der Waals surface area (Å²) in [6.07, 6.45) is 0. The number of carbonyl (C=O) groups is 2. The number of ether oxygens (including phenoxy) is 2. The molecule has 2 aromatic carbocycles. The second kappa shape index (κ2) is 6.90. The minimum atomic E-state index is -0.215. The van der Waals surface area contributed by atoms with E-state index in [9.17, 15) is 9.59 Å². The second-order valence-corrected chi connectivity index (χ2v) is 7.81. The molecular weight excluding hydrogens is 543 g/mol. The molecule has 0 unspecified atom stereocenters. The van der Waals surface area contributed by atoms with E-state index in [0.717, 1.165) is 23.6 Å². The van der Waals surface area contributed by atoms with E-state index in [-0.39, 0.29) is 11.9 Å². The van der Waals surface area contributed by atoms with Crippen LogP contribution in [0, 0.1) is 3.57 Å². The highest BCUT2D eigenvalue weighted by atomic mass is 127. The molecule has 0 aliphatic carbocycles. The van der Waals surface area contributed by atoms with Gasteiger partial charge in [-0.15, -0.1) is 0 Å². The van der Waals surface area contributed by atoms with Crippen LogP contribution >= 0.6 is 54.5 Å². The number of rotatable bonds is 0. The second-order valence-electron chi connectivity index (χ2n) is 4.88. The molecule has 2 aliphatic rings. The molecular formula is C16H9Br2IO4. The number of fused-ring (bicyclic) bond motifs is 2. The molecule has 0 fully saturated rings. The zero-order valence-corrected chi connectivity index (χ0v) is 16.9. The average molecular weight is 552 g/mol. The van der Waals surface area contributed by atoms with Crippen molar-refractivity contribution in [3.63, 3.8) is 0 Å². The summed E-state index contributed by atoms with van der Waals surface area (Å²) in [6.45, 7) is 0.817. The van der Waals surface area contributed by atoms with Crippen molar-refractivity contribution in [1.29, 1.82) is 0 Å². The molecule has 0 radical (unpaired) electrons. The van der Waals surface area contributed by atoms with E-state index in [1.807, 2.05) is 24.3 Å². The molecule has 2 heterocycles. The van der Waals surface area contributed by atoms with Crippen molar-refractivity contribution < 1.29 is 19.1 Å². The van der Waals surface area contributed by atoms with Gasteiger partial charge >= 0.3 is 11.9 Å². The Balaban J connectivity index is 0.000000136. The number of carbonyl (C=O) groups excluding carboxylic acids is 2. The molecule has 0 saturated heterocycles. The zero-order valence-electron chi connectivity index (χ0n) is 11.6. The lowest BCUT2D eigenvalue weighted by Gasteiger charge is -1.97. The monoisotopic (exact) mass is 550 g/mol. The minimum Gasteiger partial charge on any atom is -0.457 e. The van der Waals surface area contributed by atoms with Crippen molar-refractivity contribution in [2.75, 3.05) is 0 Å². The molecule has 7 heteroatoms. The molecule has 2 aliphatic heterocycles. The SMILES string of the molecule is O=C1OCc2cc(Br)c(I)cc21.O=C1OCc2cc(Br)ccc21. The van der Waals surface area contributed by atoms with Gasteiger partial charge in [-0.2, -0.15) is 0 Å². The van der Waals surface area contributed by atoms with Crippen molar-refractivity contribution >= 4 is 66.4 Å². The number of benzene rings is 2. The lowest BCUT2D eigenvalue weighted by Crippen LogP contribution is -1.94. The zero-order chi connectivity index (χ0) is 16.6. The summed E-state index contributed by atoms with van der Waals surface area (Å²) in [5, 5.41) is 0. The van der Waals surface area contributed by atoms with Crippen LogP contribution in [-0.4, -0.2) is 11.9 Å². The van der Waals surface area contributed by atoms with E-state index in [1.165, 1.54) is 0 Å². The van der Waals surface area contributed by atoms with E-state index < -0.39 is 0 Å². The molecule has 0 N–H and O–H groups in total. The quantitative estimate of drug-likeness (QED) is 0.347. The van der Waals surface area contributed by atoms with E-state index in [1.54, 1.807) is 6.07 Å². The van der Waals surface area contributed by atoms with Gasteiger partial charge in [0, 0.05) is 23.6 Å². The first-order valence-corrected chi connectivity index (χ1v) is 9.23. The number of hydrogen-bond donors (Lipinski definition) is 0. The summed E-state index contributed by atoms with van der Waals surface area (Å²) < 4.78 is 12.7. The Labute approximate surface area is 162 Å². The molecule has 0 atom stereocenters. The predicted octanol–water partition coefficient (Wildman–Crippen LogP) is 4.84. The van der Waals surface area contributed by atoms with E-state index >= 15 is 0 Å². The summed E-state index contributed by atoms with van der Waals surface area (Å²) >= 11 is 8.89. The third kappa shape index (κ3) is 3.61. The van der Waals surface area contributed by atoms with Gasteiger partial charge in [-0.25, -0.2) is 9.59 Å². The molecule has 0 amide bonds. The van der Waals surface area contributed by atoms with Gasteiger partial charge in [-0.3, -0.25) is 0 Å². The van der Waals surface area contributed by atoms with Crippen LogP contribution in [0.15, 0.2) is 39.3 Å². The maximum absolute atomic E-state index is 11.1. The lowest BCUT2D eigenvalue weighted by molar-refractivity contribution is 0.0526. The first-order valence-electron chi connectivity index (χ1n) is 6.56. The fourth-order valence-electron chi connectivity index (χ4n) is 2.22. The van der Waals surface area contributed by atoms with Crippen LogP contribution in [0.1, 0.15) is 31.8 Å². The first-order chi connectivity index (χ1) is 11.0. The highest BCUT2D eigenvalue weighted by Gasteiger charge is 2.22. The number of hydrogen-bond acceptors (Lipinski definition) is 4. The fraction of sp³-hybridized carbons (Fsp3) is 0.125. The highest BCUT2D eigenvalue weighted by molar-refractivity contribution is 14.1. The maximum Gasteiger partial charge on any atom is 0.338 e. The van der Waals surface area contributed by atoms with Crippen LogP contribution in [-0.2, 0) is 22.7 Å². The molecule has 0 bridgehead atoms. The smallest absolute Gasteiger partial charge is 0.338 e. The van der Waals surface area contributed by atoms with Gasteiger partial charge in [0.2, 0.25) is 0 Å². The first kappa shape index (κ1) is 16.9. The Morgan fingerprint density at radius 2 is 1.48 bits per heavy atom. The third-order valence-electron chi connectivity index (χ3n) is 3.37. The van der Waals surface area contributed by atoms with Crippen LogP contribution < -0.4 is 0 Å². The van der Waals surface area contributed by atoms with E-state index in [4.69, 9.17) is 9.47 Å². The van der Waals surface area contributed by atoms with Crippen molar-refractivity contribution in [2.45, 2.75) is 13.2 Å². The van der Waals surface area contributed by atoms with Crippen molar-refractivity contribution in [3.05, 3.63) is 65.1 Å². The van der Waals surface area contributed by atoms with Crippen LogP contribution in [0.25, 0.3) is 0 Å². The van der Waals surface area contributed by atoms with Crippen LogP contribution in [0.3, 0.4) is 0 Å². The van der Waals surface area contributed by atoms with E-state index in [2.05, 4.69) is 54.5 Å². The molecule has 0 spiro atoms. The van der Waals surface area contributed by atoms with Gasteiger partial charge in [0.15, 0.2) is 0 Å². The Hall–Kier alpha value is -0.930. The number of halogens is 3. The Kier molecular flexibility index (Phi) is 5.07. The normalized spacial score (nSPS) is 14.4. The molecule has 0 aromatic heterocycles. The topological polar surface area (TPSA) is 52.6 Å². The molecule has 4 rings (SSSR count). The van der Waals surface area contributed by atoms with Gasteiger partial charge in [-0.1, -0.05) is 15.9 Å². The molecule has 23 heavy (non-hydrogen) atoms.